The summed E-state index contributed by atoms with van der Waals surface area (Å²) in [5.41, 5.74) is 1.05. The van der Waals surface area contributed by atoms with E-state index in [1.807, 2.05) is 36.9 Å². The van der Waals surface area contributed by atoms with Gasteiger partial charge in [-0.3, -0.25) is 4.79 Å². The number of thiazole rings is 1. The van der Waals surface area contributed by atoms with Crippen LogP contribution in [0, 0.1) is 0 Å². The van der Waals surface area contributed by atoms with Gasteiger partial charge in [-0.25, -0.2) is 4.98 Å². The summed E-state index contributed by atoms with van der Waals surface area (Å²) in [6, 6.07) is 8.59. The summed E-state index contributed by atoms with van der Waals surface area (Å²) in [4.78, 5) is 16.7. The molecule has 1 aliphatic heterocycles. The quantitative estimate of drug-likeness (QED) is 0.881. The second-order valence-electron chi connectivity index (χ2n) is 5.68. The molecule has 1 fully saturated rings. The zero-order valence-corrected chi connectivity index (χ0v) is 14.3. The van der Waals surface area contributed by atoms with Gasteiger partial charge in [0.05, 0.1) is 15.2 Å². The minimum absolute atomic E-state index is 0.115. The summed E-state index contributed by atoms with van der Waals surface area (Å²) in [6.07, 6.45) is 1.36. The number of carbonyl (C=O) groups excluding carboxylic acids is 1. The molecule has 0 bridgehead atoms. The minimum Gasteiger partial charge on any atom is -0.353 e. The molecule has 6 heteroatoms. The van der Waals surface area contributed by atoms with Gasteiger partial charge in [0.2, 0.25) is 5.91 Å². The number of hydrogen-bond donors (Lipinski definition) is 2. The number of rotatable bonds is 5. The lowest BCUT2D eigenvalue weighted by molar-refractivity contribution is -0.122. The Morgan fingerprint density at radius 3 is 3.14 bits per heavy atom. The first-order valence-corrected chi connectivity index (χ1v) is 9.63. The predicted molar refractivity (Wildman–Crippen MR) is 94.7 cm³/mol. The van der Waals surface area contributed by atoms with Crippen LogP contribution in [0.3, 0.4) is 0 Å². The summed E-state index contributed by atoms with van der Waals surface area (Å²) in [6.45, 7) is 3.05. The molecule has 0 saturated carbocycles. The van der Waals surface area contributed by atoms with Gasteiger partial charge in [0.1, 0.15) is 0 Å². The normalized spacial score (nSPS) is 20.0. The lowest BCUT2D eigenvalue weighted by Gasteiger charge is -2.23. The van der Waals surface area contributed by atoms with Gasteiger partial charge in [0, 0.05) is 43.0 Å². The maximum atomic E-state index is 12.1. The van der Waals surface area contributed by atoms with Crippen molar-refractivity contribution in [2.75, 3.05) is 18.1 Å². The van der Waals surface area contributed by atoms with E-state index in [0.717, 1.165) is 35.0 Å². The van der Waals surface area contributed by atoms with Crippen LogP contribution in [0.4, 0.5) is 0 Å². The molecule has 1 aromatic carbocycles. The van der Waals surface area contributed by atoms with Crippen LogP contribution >= 0.6 is 23.1 Å². The van der Waals surface area contributed by atoms with Crippen molar-refractivity contribution >= 4 is 39.2 Å². The number of aromatic nitrogens is 1. The van der Waals surface area contributed by atoms with Crippen LogP contribution in [0.5, 0.6) is 0 Å². The van der Waals surface area contributed by atoms with E-state index < -0.39 is 0 Å². The van der Waals surface area contributed by atoms with Crippen molar-refractivity contribution in [1.29, 1.82) is 0 Å². The van der Waals surface area contributed by atoms with Crippen LogP contribution < -0.4 is 10.6 Å². The van der Waals surface area contributed by atoms with Gasteiger partial charge in [0.15, 0.2) is 0 Å². The molecule has 2 unspecified atom stereocenters. The molecule has 118 valence electrons. The average molecular weight is 335 g/mol. The molecular weight excluding hydrogens is 314 g/mol. The van der Waals surface area contributed by atoms with Crippen molar-refractivity contribution in [3.05, 3.63) is 29.3 Å². The summed E-state index contributed by atoms with van der Waals surface area (Å²) >= 11 is 3.63. The second kappa shape index (κ2) is 7.44. The van der Waals surface area contributed by atoms with Gasteiger partial charge in [0.25, 0.3) is 0 Å². The van der Waals surface area contributed by atoms with Crippen molar-refractivity contribution in [2.24, 2.45) is 0 Å². The van der Waals surface area contributed by atoms with E-state index in [0.29, 0.717) is 12.5 Å². The number of hydrogen-bond acceptors (Lipinski definition) is 5. The highest BCUT2D eigenvalue weighted by atomic mass is 32.2. The Hall–Kier alpha value is -1.11. The summed E-state index contributed by atoms with van der Waals surface area (Å²) in [7, 11) is 0. The molecule has 2 heterocycles. The fourth-order valence-electron chi connectivity index (χ4n) is 2.63. The van der Waals surface area contributed by atoms with Gasteiger partial charge in [-0.1, -0.05) is 12.1 Å². The van der Waals surface area contributed by atoms with Crippen LogP contribution in [0.1, 0.15) is 18.4 Å². The number of thioether (sulfide) groups is 1. The van der Waals surface area contributed by atoms with E-state index in [1.54, 1.807) is 11.3 Å². The first kappa shape index (κ1) is 15.8. The van der Waals surface area contributed by atoms with E-state index in [9.17, 15) is 4.79 Å². The van der Waals surface area contributed by atoms with Gasteiger partial charge in [-0.15, -0.1) is 11.3 Å². The molecule has 1 amide bonds. The third kappa shape index (κ3) is 4.21. The number of nitrogens with zero attached hydrogens (tertiary/aromatic N) is 1. The second-order valence-corrected chi connectivity index (χ2v) is 7.94. The summed E-state index contributed by atoms with van der Waals surface area (Å²) in [5, 5.41) is 7.58. The lowest BCUT2D eigenvalue weighted by Crippen LogP contribution is -2.43. The van der Waals surface area contributed by atoms with Gasteiger partial charge < -0.3 is 10.6 Å². The van der Waals surface area contributed by atoms with Gasteiger partial charge in [-0.05, 0) is 19.1 Å². The number of carbonyl (C=O) groups is 1. The third-order valence-electron chi connectivity index (χ3n) is 3.66. The minimum atomic E-state index is 0.115. The molecule has 0 radical (unpaired) electrons. The van der Waals surface area contributed by atoms with Crippen molar-refractivity contribution in [1.82, 2.24) is 15.6 Å². The first-order chi connectivity index (χ1) is 10.7. The highest BCUT2D eigenvalue weighted by Crippen LogP contribution is 2.22. The van der Waals surface area contributed by atoms with Crippen LogP contribution in [0.15, 0.2) is 24.3 Å². The average Bonchev–Trinajstić information content (AvgIpc) is 2.89. The third-order valence-corrected chi connectivity index (χ3v) is 5.85. The Morgan fingerprint density at radius 2 is 2.36 bits per heavy atom. The highest BCUT2D eigenvalue weighted by Gasteiger charge is 2.18. The van der Waals surface area contributed by atoms with Gasteiger partial charge >= 0.3 is 0 Å². The molecule has 1 aromatic heterocycles. The van der Waals surface area contributed by atoms with Crippen LogP contribution in [-0.2, 0) is 11.2 Å². The SMILES string of the molecule is CC(Cc1nc2ccccc2s1)NC(=O)CC1CSCCN1. The van der Waals surface area contributed by atoms with E-state index >= 15 is 0 Å². The molecule has 0 spiro atoms. The molecule has 2 atom stereocenters. The van der Waals surface area contributed by atoms with E-state index in [-0.39, 0.29) is 11.9 Å². The molecule has 2 aromatic rings. The standard InChI is InChI=1S/C16H21N3OS2/c1-11(18-15(20)9-12-10-21-7-6-17-12)8-16-19-13-4-2-3-5-14(13)22-16/h2-5,11-12,17H,6-10H2,1H3,(H,18,20). The van der Waals surface area contributed by atoms with E-state index in [2.05, 4.69) is 21.7 Å². The fourth-order valence-corrected chi connectivity index (χ4v) is 4.67. The van der Waals surface area contributed by atoms with Crippen molar-refractivity contribution in [2.45, 2.75) is 31.8 Å². The number of amides is 1. The van der Waals surface area contributed by atoms with Gasteiger partial charge in [-0.2, -0.15) is 11.8 Å². The zero-order valence-electron chi connectivity index (χ0n) is 12.7. The Balaban J connectivity index is 1.50. The Bertz CT molecular complexity index is 604. The number of para-hydroxylation sites is 1. The molecule has 3 rings (SSSR count). The summed E-state index contributed by atoms with van der Waals surface area (Å²) < 4.78 is 1.21. The molecule has 0 aliphatic carbocycles. The van der Waals surface area contributed by atoms with Crippen LogP contribution in [0.2, 0.25) is 0 Å². The van der Waals surface area contributed by atoms with Crippen molar-refractivity contribution in [3.8, 4) is 0 Å². The van der Waals surface area contributed by atoms with E-state index in [1.165, 1.54) is 4.70 Å². The summed E-state index contributed by atoms with van der Waals surface area (Å²) in [5.74, 6) is 2.31. The zero-order chi connectivity index (χ0) is 15.4. The first-order valence-electron chi connectivity index (χ1n) is 7.65. The lowest BCUT2D eigenvalue weighted by atomic mass is 10.2. The Kier molecular flexibility index (Phi) is 5.33. The predicted octanol–water partition coefficient (Wildman–Crippen LogP) is 2.44. The number of benzene rings is 1. The maximum Gasteiger partial charge on any atom is 0.221 e. The largest absolute Gasteiger partial charge is 0.353 e. The smallest absolute Gasteiger partial charge is 0.221 e. The molecule has 2 N–H and O–H groups in total. The number of nitrogens with one attached hydrogen (secondary N) is 2. The molecular formula is C16H21N3OS2. The topological polar surface area (TPSA) is 54.0 Å². The van der Waals surface area contributed by atoms with Crippen LogP contribution in [-0.4, -0.2) is 41.0 Å². The van der Waals surface area contributed by atoms with E-state index in [4.69, 9.17) is 0 Å². The Labute approximate surface area is 139 Å². The van der Waals surface area contributed by atoms with Crippen molar-refractivity contribution < 1.29 is 4.79 Å². The maximum absolute atomic E-state index is 12.1. The fraction of sp³-hybridized carbons (Fsp3) is 0.500. The highest BCUT2D eigenvalue weighted by molar-refractivity contribution is 7.99. The van der Waals surface area contributed by atoms with Crippen LogP contribution in [0.25, 0.3) is 10.2 Å². The number of fused-ring (bicyclic) bond motifs is 1. The monoisotopic (exact) mass is 335 g/mol. The van der Waals surface area contributed by atoms with Crippen molar-refractivity contribution in [3.63, 3.8) is 0 Å². The Morgan fingerprint density at radius 1 is 1.50 bits per heavy atom. The molecule has 1 aliphatic rings. The molecule has 1 saturated heterocycles. The molecule has 4 nitrogen and oxygen atoms in total. The molecule has 22 heavy (non-hydrogen) atoms.